The van der Waals surface area contributed by atoms with Gasteiger partial charge in [-0.1, -0.05) is 82.0 Å². The lowest BCUT2D eigenvalue weighted by molar-refractivity contribution is 0.0506. The third kappa shape index (κ3) is 5.95. The summed E-state index contributed by atoms with van der Waals surface area (Å²) in [4.78, 5) is 12.6. The van der Waals surface area contributed by atoms with E-state index in [0.717, 1.165) is 23.5 Å². The van der Waals surface area contributed by atoms with Crippen molar-refractivity contribution in [2.45, 2.75) is 77.6 Å². The Hall–Kier alpha value is -2.09. The first-order valence-corrected chi connectivity index (χ1v) is 11.6. The van der Waals surface area contributed by atoms with Crippen molar-refractivity contribution in [2.75, 3.05) is 6.61 Å². The first-order valence-electron chi connectivity index (χ1n) is 11.6. The summed E-state index contributed by atoms with van der Waals surface area (Å²) >= 11 is 0. The monoisotopic (exact) mass is 392 g/mol. The minimum atomic E-state index is -0.211. The fraction of sp³-hybridized carbons (Fsp3) is 0.519. The van der Waals surface area contributed by atoms with Gasteiger partial charge in [0.05, 0.1) is 12.2 Å². The van der Waals surface area contributed by atoms with Gasteiger partial charge in [0.1, 0.15) is 0 Å². The molecule has 2 heteroatoms. The van der Waals surface area contributed by atoms with E-state index in [1.54, 1.807) is 0 Å². The molecule has 1 aliphatic carbocycles. The van der Waals surface area contributed by atoms with Crippen LogP contribution >= 0.6 is 0 Å². The summed E-state index contributed by atoms with van der Waals surface area (Å²) in [6.45, 7) is 4.77. The molecule has 0 radical (unpaired) electrons. The highest BCUT2D eigenvalue weighted by Gasteiger charge is 2.24. The number of benzene rings is 2. The van der Waals surface area contributed by atoms with Crippen molar-refractivity contribution in [2.24, 2.45) is 5.92 Å². The van der Waals surface area contributed by atoms with E-state index in [1.807, 2.05) is 31.2 Å². The fourth-order valence-electron chi connectivity index (χ4n) is 4.59. The highest BCUT2D eigenvalue weighted by molar-refractivity contribution is 5.97. The summed E-state index contributed by atoms with van der Waals surface area (Å²) in [6.07, 6.45) is 11.5. The minimum Gasteiger partial charge on any atom is -0.462 e. The van der Waals surface area contributed by atoms with Crippen LogP contribution in [-0.2, 0) is 4.74 Å². The molecule has 156 valence electrons. The van der Waals surface area contributed by atoms with Crippen molar-refractivity contribution < 1.29 is 9.53 Å². The Morgan fingerprint density at radius 2 is 1.69 bits per heavy atom. The number of carbonyl (C=O) groups excluding carboxylic acids is 1. The maximum Gasteiger partial charge on any atom is 0.338 e. The lowest BCUT2D eigenvalue weighted by Gasteiger charge is -2.29. The molecule has 2 aromatic carbocycles. The zero-order valence-electron chi connectivity index (χ0n) is 18.2. The van der Waals surface area contributed by atoms with Crippen LogP contribution in [0, 0.1) is 5.92 Å². The Bertz CT molecular complexity index is 757. The van der Waals surface area contributed by atoms with Crippen LogP contribution in [0.3, 0.4) is 0 Å². The van der Waals surface area contributed by atoms with E-state index in [1.165, 1.54) is 56.9 Å². The second-order valence-corrected chi connectivity index (χ2v) is 8.52. The Balaban J connectivity index is 1.76. The highest BCUT2D eigenvalue weighted by Crippen LogP contribution is 2.39. The molecule has 0 bridgehead atoms. The lowest BCUT2D eigenvalue weighted by Crippen LogP contribution is -2.14. The van der Waals surface area contributed by atoms with E-state index < -0.39 is 0 Å². The Morgan fingerprint density at radius 3 is 2.38 bits per heavy atom. The highest BCUT2D eigenvalue weighted by atomic mass is 16.5. The van der Waals surface area contributed by atoms with Crippen LogP contribution < -0.4 is 0 Å². The van der Waals surface area contributed by atoms with Crippen LogP contribution in [0.1, 0.15) is 93.5 Å². The van der Waals surface area contributed by atoms with E-state index in [-0.39, 0.29) is 5.97 Å². The van der Waals surface area contributed by atoms with Crippen molar-refractivity contribution in [3.05, 3.63) is 59.7 Å². The summed E-state index contributed by atoms with van der Waals surface area (Å²) < 4.78 is 5.45. The minimum absolute atomic E-state index is 0.211. The molecule has 0 saturated heterocycles. The van der Waals surface area contributed by atoms with Gasteiger partial charge >= 0.3 is 5.97 Å². The van der Waals surface area contributed by atoms with Gasteiger partial charge in [0.15, 0.2) is 0 Å². The van der Waals surface area contributed by atoms with Crippen LogP contribution in [-0.4, -0.2) is 12.6 Å². The number of hydrogen-bond donors (Lipinski definition) is 0. The molecular formula is C27H36O2. The number of carbonyl (C=O) groups is 1. The van der Waals surface area contributed by atoms with E-state index >= 15 is 0 Å². The molecule has 0 aromatic heterocycles. The summed E-state index contributed by atoms with van der Waals surface area (Å²) in [6, 6.07) is 16.7. The summed E-state index contributed by atoms with van der Waals surface area (Å²) in [5, 5.41) is 0. The van der Waals surface area contributed by atoms with Gasteiger partial charge in [-0.2, -0.15) is 0 Å². The second kappa shape index (κ2) is 11.2. The maximum atomic E-state index is 12.6. The van der Waals surface area contributed by atoms with Crippen molar-refractivity contribution >= 4 is 5.97 Å². The first-order chi connectivity index (χ1) is 14.2. The molecule has 0 amide bonds. The van der Waals surface area contributed by atoms with Gasteiger partial charge in [-0.05, 0) is 66.7 Å². The lowest BCUT2D eigenvalue weighted by atomic mass is 9.76. The van der Waals surface area contributed by atoms with Crippen molar-refractivity contribution in [3.63, 3.8) is 0 Å². The van der Waals surface area contributed by atoms with Crippen LogP contribution in [0.4, 0.5) is 0 Å². The number of ether oxygens (including phenoxy) is 1. The van der Waals surface area contributed by atoms with E-state index in [2.05, 4.69) is 31.2 Å². The fourth-order valence-corrected chi connectivity index (χ4v) is 4.59. The third-order valence-electron chi connectivity index (χ3n) is 6.32. The predicted octanol–water partition coefficient (Wildman–Crippen LogP) is 7.77. The van der Waals surface area contributed by atoms with Crippen LogP contribution in [0.15, 0.2) is 48.5 Å². The van der Waals surface area contributed by atoms with E-state index in [9.17, 15) is 4.79 Å². The van der Waals surface area contributed by atoms with E-state index in [0.29, 0.717) is 18.1 Å². The molecule has 1 saturated carbocycles. The van der Waals surface area contributed by atoms with Gasteiger partial charge in [0, 0.05) is 0 Å². The molecule has 1 fully saturated rings. The van der Waals surface area contributed by atoms with Gasteiger partial charge in [0.25, 0.3) is 0 Å². The average Bonchev–Trinajstić information content (AvgIpc) is 2.78. The number of rotatable bonds is 9. The summed E-state index contributed by atoms with van der Waals surface area (Å²) in [5.41, 5.74) is 4.16. The molecule has 0 spiro atoms. The molecule has 2 nitrogen and oxygen atoms in total. The molecule has 0 atom stereocenters. The molecule has 29 heavy (non-hydrogen) atoms. The normalized spacial score (nSPS) is 19.1. The standard InChI is InChI=1S/C27H36O2/c1-3-5-7-10-21-13-15-22(16-14-21)24-17-18-25(27(28)29-19-4-2)26(20-24)23-11-8-6-9-12-23/h6,8-9,11-12,17-18,20-22H,3-5,7,10,13-16,19H2,1-2H3/t21-,22-. The van der Waals surface area contributed by atoms with Crippen LogP contribution in [0.5, 0.6) is 0 Å². The number of unbranched alkanes of at least 4 members (excludes halogenated alkanes) is 2. The molecule has 0 unspecified atom stereocenters. The largest absolute Gasteiger partial charge is 0.462 e. The number of hydrogen-bond acceptors (Lipinski definition) is 2. The van der Waals surface area contributed by atoms with Gasteiger partial charge < -0.3 is 4.74 Å². The molecule has 0 heterocycles. The Labute approximate surface area is 176 Å². The Morgan fingerprint density at radius 1 is 0.931 bits per heavy atom. The zero-order chi connectivity index (χ0) is 20.5. The summed E-state index contributed by atoms with van der Waals surface area (Å²) in [7, 11) is 0. The van der Waals surface area contributed by atoms with Crippen LogP contribution in [0.25, 0.3) is 11.1 Å². The molecule has 2 aromatic rings. The molecule has 0 aliphatic heterocycles. The quantitative estimate of drug-likeness (QED) is 0.322. The Kier molecular flexibility index (Phi) is 8.34. The average molecular weight is 393 g/mol. The molecule has 0 N–H and O–H groups in total. The van der Waals surface area contributed by atoms with Crippen molar-refractivity contribution in [3.8, 4) is 11.1 Å². The van der Waals surface area contributed by atoms with Gasteiger partial charge in [0.2, 0.25) is 0 Å². The second-order valence-electron chi connectivity index (χ2n) is 8.52. The zero-order valence-corrected chi connectivity index (χ0v) is 18.2. The molecule has 1 aliphatic rings. The van der Waals surface area contributed by atoms with E-state index in [4.69, 9.17) is 4.74 Å². The maximum absolute atomic E-state index is 12.6. The SMILES string of the molecule is CCCCC[C@H]1CC[C@H](c2ccc(C(=O)OCCC)c(-c3ccccc3)c2)CC1. The third-order valence-corrected chi connectivity index (χ3v) is 6.32. The van der Waals surface area contributed by atoms with Crippen LogP contribution in [0.2, 0.25) is 0 Å². The van der Waals surface area contributed by atoms with Crippen molar-refractivity contribution in [1.82, 2.24) is 0 Å². The number of esters is 1. The van der Waals surface area contributed by atoms with Gasteiger partial charge in [-0.3, -0.25) is 0 Å². The smallest absolute Gasteiger partial charge is 0.338 e. The first kappa shape index (κ1) is 21.6. The van der Waals surface area contributed by atoms with Crippen molar-refractivity contribution in [1.29, 1.82) is 0 Å². The molecule has 3 rings (SSSR count). The molecular weight excluding hydrogens is 356 g/mol. The topological polar surface area (TPSA) is 26.3 Å². The van der Waals surface area contributed by atoms with Gasteiger partial charge in [-0.25, -0.2) is 4.79 Å². The summed E-state index contributed by atoms with van der Waals surface area (Å²) in [5.74, 6) is 1.31. The van der Waals surface area contributed by atoms with Gasteiger partial charge in [-0.15, -0.1) is 0 Å². The predicted molar refractivity (Wildman–Crippen MR) is 121 cm³/mol.